The van der Waals surface area contributed by atoms with E-state index in [1.165, 1.54) is 13.0 Å². The van der Waals surface area contributed by atoms with Crippen LogP contribution in [0.25, 0.3) is 0 Å². The van der Waals surface area contributed by atoms with Crippen LogP contribution in [0.3, 0.4) is 0 Å². The predicted molar refractivity (Wildman–Crippen MR) is 95.0 cm³/mol. The number of aryl methyl sites for hydroxylation is 1. The number of carbonyl (C=O) groups excluding carboxylic acids is 1. The second-order valence-corrected chi connectivity index (χ2v) is 8.02. The van der Waals surface area contributed by atoms with Crippen LogP contribution in [-0.4, -0.2) is 33.6 Å². The normalized spacial score (nSPS) is 16.9. The van der Waals surface area contributed by atoms with Crippen molar-refractivity contribution in [2.75, 3.05) is 18.5 Å². The molecule has 2 aromatic carbocycles. The van der Waals surface area contributed by atoms with Gasteiger partial charge < -0.3 is 10.1 Å². The summed E-state index contributed by atoms with van der Waals surface area (Å²) in [6.45, 7) is 2.00. The number of halogens is 3. The lowest BCUT2D eigenvalue weighted by Gasteiger charge is -2.15. The summed E-state index contributed by atoms with van der Waals surface area (Å²) in [5.74, 6) is -4.50. The summed E-state index contributed by atoms with van der Waals surface area (Å²) in [6.07, 6.45) is 0.455. The number of amides is 1. The molecule has 1 unspecified atom stereocenters. The lowest BCUT2D eigenvalue weighted by atomic mass is 10.1. The van der Waals surface area contributed by atoms with Crippen LogP contribution in [0.5, 0.6) is 0 Å². The van der Waals surface area contributed by atoms with E-state index in [4.69, 9.17) is 4.74 Å². The van der Waals surface area contributed by atoms with Crippen LogP contribution in [0, 0.1) is 24.4 Å². The highest BCUT2D eigenvalue weighted by Crippen LogP contribution is 2.24. The van der Waals surface area contributed by atoms with Gasteiger partial charge in [-0.05, 0) is 37.1 Å². The molecule has 0 bridgehead atoms. The fourth-order valence-electron chi connectivity index (χ4n) is 2.82. The second-order valence-electron chi connectivity index (χ2n) is 6.33. The van der Waals surface area contributed by atoms with Crippen LogP contribution in [0.4, 0.5) is 18.9 Å². The molecule has 3 rings (SSSR count). The third-order valence-corrected chi connectivity index (χ3v) is 5.80. The lowest BCUT2D eigenvalue weighted by molar-refractivity contribution is 0.102. The molecule has 0 aliphatic carbocycles. The number of anilines is 1. The molecule has 1 heterocycles. The Bertz CT molecular complexity index is 1020. The number of hydrogen-bond donors (Lipinski definition) is 2. The SMILES string of the molecule is Cc1ccc(S(=O)(=O)NC2CCOC2)c(F)c1C(=O)Nc1ccc(F)c(F)c1. The summed E-state index contributed by atoms with van der Waals surface area (Å²) in [4.78, 5) is 11.8. The van der Waals surface area contributed by atoms with Crippen LogP contribution >= 0.6 is 0 Å². The Hall–Kier alpha value is -2.43. The van der Waals surface area contributed by atoms with Crippen molar-refractivity contribution in [3.05, 3.63) is 58.9 Å². The van der Waals surface area contributed by atoms with E-state index in [0.717, 1.165) is 24.3 Å². The number of ether oxygens (including phenoxy) is 1. The number of sulfonamides is 1. The third-order valence-electron chi connectivity index (χ3n) is 4.26. The molecule has 1 fully saturated rings. The number of carbonyl (C=O) groups is 1. The highest BCUT2D eigenvalue weighted by atomic mass is 32.2. The summed E-state index contributed by atoms with van der Waals surface area (Å²) in [6, 6.07) is 4.53. The van der Waals surface area contributed by atoms with Gasteiger partial charge in [-0.25, -0.2) is 26.3 Å². The molecule has 0 aromatic heterocycles. The van der Waals surface area contributed by atoms with E-state index in [9.17, 15) is 26.4 Å². The fraction of sp³-hybridized carbons (Fsp3) is 0.278. The van der Waals surface area contributed by atoms with Crippen molar-refractivity contribution >= 4 is 21.6 Å². The van der Waals surface area contributed by atoms with Gasteiger partial charge in [0.05, 0.1) is 12.2 Å². The average molecular weight is 414 g/mol. The molecule has 6 nitrogen and oxygen atoms in total. The number of rotatable bonds is 5. The van der Waals surface area contributed by atoms with Crippen LogP contribution in [-0.2, 0) is 14.8 Å². The van der Waals surface area contributed by atoms with Crippen molar-refractivity contribution in [1.82, 2.24) is 4.72 Å². The molecule has 1 aliphatic heterocycles. The summed E-state index contributed by atoms with van der Waals surface area (Å²) >= 11 is 0. The van der Waals surface area contributed by atoms with Gasteiger partial charge in [-0.15, -0.1) is 0 Å². The maximum absolute atomic E-state index is 15.0. The number of hydrogen-bond acceptors (Lipinski definition) is 4. The summed E-state index contributed by atoms with van der Waals surface area (Å²) < 4.78 is 73.7. The molecule has 1 aliphatic rings. The van der Waals surface area contributed by atoms with Crippen molar-refractivity contribution in [3.8, 4) is 0 Å². The van der Waals surface area contributed by atoms with Crippen molar-refractivity contribution in [1.29, 1.82) is 0 Å². The first-order valence-corrected chi connectivity index (χ1v) is 9.83. The fourth-order valence-corrected chi connectivity index (χ4v) is 4.15. The van der Waals surface area contributed by atoms with Crippen LogP contribution in [0.15, 0.2) is 35.2 Å². The van der Waals surface area contributed by atoms with Gasteiger partial charge in [0.15, 0.2) is 17.5 Å². The molecular weight excluding hydrogens is 397 g/mol. The average Bonchev–Trinajstić information content (AvgIpc) is 3.10. The first-order valence-electron chi connectivity index (χ1n) is 8.34. The second kappa shape index (κ2) is 7.90. The van der Waals surface area contributed by atoms with Gasteiger partial charge in [0.1, 0.15) is 4.90 Å². The highest BCUT2D eigenvalue weighted by molar-refractivity contribution is 7.89. The van der Waals surface area contributed by atoms with E-state index in [1.54, 1.807) is 0 Å². The molecule has 1 amide bonds. The predicted octanol–water partition coefficient (Wildman–Crippen LogP) is 2.73. The van der Waals surface area contributed by atoms with E-state index < -0.39 is 49.9 Å². The maximum Gasteiger partial charge on any atom is 0.258 e. The van der Waals surface area contributed by atoms with Crippen LogP contribution in [0.1, 0.15) is 22.3 Å². The molecule has 28 heavy (non-hydrogen) atoms. The number of benzene rings is 2. The third kappa shape index (κ3) is 4.18. The van der Waals surface area contributed by atoms with Gasteiger partial charge in [0, 0.05) is 24.4 Å². The van der Waals surface area contributed by atoms with E-state index in [1.807, 2.05) is 0 Å². The summed E-state index contributed by atoms with van der Waals surface area (Å²) in [7, 11) is -4.23. The van der Waals surface area contributed by atoms with Crippen molar-refractivity contribution < 1.29 is 31.1 Å². The van der Waals surface area contributed by atoms with Crippen LogP contribution in [0.2, 0.25) is 0 Å². The minimum Gasteiger partial charge on any atom is -0.380 e. The Balaban J connectivity index is 1.91. The molecule has 150 valence electrons. The topological polar surface area (TPSA) is 84.5 Å². The smallest absolute Gasteiger partial charge is 0.258 e. The Kier molecular flexibility index (Phi) is 5.73. The molecule has 10 heteroatoms. The quantitative estimate of drug-likeness (QED) is 0.788. The lowest BCUT2D eigenvalue weighted by Crippen LogP contribution is -2.35. The zero-order valence-electron chi connectivity index (χ0n) is 14.8. The first kappa shape index (κ1) is 20.3. The Morgan fingerprint density at radius 1 is 1.14 bits per heavy atom. The summed E-state index contributed by atoms with van der Waals surface area (Å²) in [5.41, 5.74) is -0.423. The van der Waals surface area contributed by atoms with Crippen molar-refractivity contribution in [2.45, 2.75) is 24.3 Å². The maximum atomic E-state index is 15.0. The standard InChI is InChI=1S/C18H17F3N2O4S/c1-10-2-5-15(28(25,26)23-12-6-7-27-9-12)17(21)16(10)18(24)22-11-3-4-13(19)14(20)8-11/h2-5,8,12,23H,6-7,9H2,1H3,(H,22,24). The van der Waals surface area contributed by atoms with Gasteiger partial charge in [-0.2, -0.15) is 0 Å². The van der Waals surface area contributed by atoms with Gasteiger partial charge in [0.2, 0.25) is 10.0 Å². The van der Waals surface area contributed by atoms with Crippen molar-refractivity contribution in [3.63, 3.8) is 0 Å². The minimum atomic E-state index is -4.23. The molecule has 2 aromatic rings. The monoisotopic (exact) mass is 414 g/mol. The zero-order chi connectivity index (χ0) is 20.5. The van der Waals surface area contributed by atoms with E-state index in [0.29, 0.717) is 13.0 Å². The molecule has 0 saturated carbocycles. The molecule has 0 spiro atoms. The molecule has 1 atom stereocenters. The Morgan fingerprint density at radius 2 is 1.89 bits per heavy atom. The zero-order valence-corrected chi connectivity index (χ0v) is 15.6. The van der Waals surface area contributed by atoms with Gasteiger partial charge in [0.25, 0.3) is 5.91 Å². The largest absolute Gasteiger partial charge is 0.380 e. The van der Waals surface area contributed by atoms with E-state index >= 15 is 0 Å². The number of nitrogens with one attached hydrogen (secondary N) is 2. The van der Waals surface area contributed by atoms with Gasteiger partial charge in [-0.3, -0.25) is 4.79 Å². The van der Waals surface area contributed by atoms with Crippen molar-refractivity contribution in [2.24, 2.45) is 0 Å². The Morgan fingerprint density at radius 3 is 2.54 bits per heavy atom. The molecular formula is C18H17F3N2O4S. The van der Waals surface area contributed by atoms with E-state index in [2.05, 4.69) is 10.0 Å². The van der Waals surface area contributed by atoms with Gasteiger partial charge in [-0.1, -0.05) is 6.07 Å². The molecule has 0 radical (unpaired) electrons. The minimum absolute atomic E-state index is 0.0998. The Labute approximate surface area is 159 Å². The highest BCUT2D eigenvalue weighted by Gasteiger charge is 2.29. The van der Waals surface area contributed by atoms with Gasteiger partial charge >= 0.3 is 0 Å². The van der Waals surface area contributed by atoms with Crippen LogP contribution < -0.4 is 10.0 Å². The first-order chi connectivity index (χ1) is 13.2. The van der Waals surface area contributed by atoms with E-state index in [-0.39, 0.29) is 17.9 Å². The molecule has 1 saturated heterocycles. The molecule has 2 N–H and O–H groups in total. The summed E-state index contributed by atoms with van der Waals surface area (Å²) in [5, 5.41) is 2.24.